The predicted molar refractivity (Wildman–Crippen MR) is 145 cm³/mol. The van der Waals surface area contributed by atoms with E-state index in [0.29, 0.717) is 12.8 Å². The number of carbonyl (C=O) groups is 2. The first-order chi connectivity index (χ1) is 17.5. The van der Waals surface area contributed by atoms with Crippen LogP contribution >= 0.6 is 15.9 Å². The van der Waals surface area contributed by atoms with E-state index in [2.05, 4.69) is 59.3 Å². The van der Waals surface area contributed by atoms with Gasteiger partial charge in [-0.1, -0.05) is 60.4 Å². The van der Waals surface area contributed by atoms with Gasteiger partial charge in [0.15, 0.2) is 0 Å². The number of aliphatic carboxylic acids is 1. The minimum absolute atomic E-state index is 0.0219. The molecular weight excluding hydrogens is 539 g/mol. The quantitative estimate of drug-likeness (QED) is 0.296. The van der Waals surface area contributed by atoms with Crippen LogP contribution in [-0.4, -0.2) is 35.8 Å². The summed E-state index contributed by atoms with van der Waals surface area (Å²) in [5.41, 5.74) is 2.78. The third-order valence-electron chi connectivity index (χ3n) is 8.27. The number of hydrogen-bond acceptors (Lipinski definition) is 4. The van der Waals surface area contributed by atoms with Crippen LogP contribution in [0.25, 0.3) is 0 Å². The van der Waals surface area contributed by atoms with Crippen molar-refractivity contribution >= 4 is 33.5 Å². The minimum atomic E-state index is -0.873. The van der Waals surface area contributed by atoms with Gasteiger partial charge < -0.3 is 15.3 Å². The first kappa shape index (κ1) is 27.3. The van der Waals surface area contributed by atoms with Gasteiger partial charge in [-0.15, -0.1) is 0 Å². The molecule has 0 aromatic heterocycles. The molecule has 2 aliphatic carbocycles. The van der Waals surface area contributed by atoms with Gasteiger partial charge in [0.1, 0.15) is 12.4 Å². The van der Waals surface area contributed by atoms with E-state index in [1.54, 1.807) is 6.07 Å². The summed E-state index contributed by atoms with van der Waals surface area (Å²) >= 11 is 3.75. The molecule has 4 rings (SSSR count). The summed E-state index contributed by atoms with van der Waals surface area (Å²) in [5, 5.41) is 17.3. The van der Waals surface area contributed by atoms with Gasteiger partial charge in [0.2, 0.25) is 0 Å². The summed E-state index contributed by atoms with van der Waals surface area (Å²) in [6.45, 7) is 8.57. The zero-order valence-corrected chi connectivity index (χ0v) is 23.3. The van der Waals surface area contributed by atoms with Gasteiger partial charge in [-0.25, -0.2) is 4.39 Å². The van der Waals surface area contributed by atoms with Gasteiger partial charge in [0, 0.05) is 10.0 Å². The van der Waals surface area contributed by atoms with Crippen molar-refractivity contribution in [3.05, 3.63) is 68.9 Å². The van der Waals surface area contributed by atoms with E-state index >= 15 is 0 Å². The molecule has 2 aromatic rings. The summed E-state index contributed by atoms with van der Waals surface area (Å²) in [6, 6.07) is 10.1. The summed E-state index contributed by atoms with van der Waals surface area (Å²) in [5.74, 6) is -1.72. The Morgan fingerprint density at radius 3 is 2.65 bits per heavy atom. The number of nitrogens with one attached hydrogen (secondary N) is 1. The largest absolute Gasteiger partial charge is 0.481 e. The highest BCUT2D eigenvalue weighted by Gasteiger charge is 2.56. The Morgan fingerprint density at radius 2 is 1.97 bits per heavy atom. The molecule has 8 heteroatoms. The molecule has 2 aromatic carbocycles. The second-order valence-corrected chi connectivity index (χ2v) is 11.8. The third kappa shape index (κ3) is 5.05. The number of carboxylic acid groups (broad SMARTS) is 1. The number of hydrogen-bond donors (Lipinski definition) is 2. The van der Waals surface area contributed by atoms with E-state index in [0.717, 1.165) is 39.7 Å². The highest BCUT2D eigenvalue weighted by Crippen LogP contribution is 2.58. The number of amides is 1. The van der Waals surface area contributed by atoms with E-state index in [4.69, 9.17) is 4.84 Å². The number of benzene rings is 2. The van der Waals surface area contributed by atoms with Crippen LogP contribution in [0.3, 0.4) is 0 Å². The van der Waals surface area contributed by atoms with Crippen LogP contribution in [0.2, 0.25) is 0 Å². The second-order valence-electron chi connectivity index (χ2n) is 10.9. The van der Waals surface area contributed by atoms with Crippen LogP contribution in [0.4, 0.5) is 4.39 Å². The maximum atomic E-state index is 13.8. The molecule has 0 unspecified atom stereocenters. The molecule has 0 spiro atoms. The number of fused-ring (bicyclic) bond motifs is 3. The number of oxime groups is 1. The van der Waals surface area contributed by atoms with Crippen LogP contribution < -0.4 is 5.32 Å². The monoisotopic (exact) mass is 572 g/mol. The minimum Gasteiger partial charge on any atom is -0.481 e. The van der Waals surface area contributed by atoms with Crippen LogP contribution in [-0.2, 0) is 15.0 Å². The number of nitrogens with zero attached hydrogens (tertiary/aromatic N) is 1. The van der Waals surface area contributed by atoms with Gasteiger partial charge in [-0.05, 0) is 78.8 Å². The summed E-state index contributed by atoms with van der Waals surface area (Å²) in [6.07, 6.45) is 2.88. The molecule has 1 amide bonds. The lowest BCUT2D eigenvalue weighted by Gasteiger charge is -2.53. The Kier molecular flexibility index (Phi) is 7.79. The van der Waals surface area contributed by atoms with Gasteiger partial charge in [-0.3, -0.25) is 9.59 Å². The SMILES string of the molecule is CC(C)c1cc2c(cc1Br)[C@@]1(C)CCC[C@@](C)(C(=O)O)[C@@H]1C/C2=N\OCCNC(=O)c1ccccc1F. The molecule has 2 aliphatic rings. The van der Waals surface area contributed by atoms with E-state index in [1.807, 2.05) is 6.92 Å². The Labute approximate surface area is 225 Å². The van der Waals surface area contributed by atoms with E-state index in [-0.39, 0.29) is 36.0 Å². The van der Waals surface area contributed by atoms with Crippen molar-refractivity contribution in [3.63, 3.8) is 0 Å². The fraction of sp³-hybridized carbons (Fsp3) is 0.483. The van der Waals surface area contributed by atoms with Crippen molar-refractivity contribution in [2.24, 2.45) is 16.5 Å². The predicted octanol–water partition coefficient (Wildman–Crippen LogP) is 6.41. The van der Waals surface area contributed by atoms with Crippen molar-refractivity contribution in [1.29, 1.82) is 0 Å². The topological polar surface area (TPSA) is 88.0 Å². The highest BCUT2D eigenvalue weighted by molar-refractivity contribution is 9.10. The Balaban J connectivity index is 1.60. The lowest BCUT2D eigenvalue weighted by atomic mass is 9.49. The molecule has 37 heavy (non-hydrogen) atoms. The van der Waals surface area contributed by atoms with Crippen LogP contribution in [0, 0.1) is 17.2 Å². The number of carboxylic acids is 1. The molecule has 0 saturated heterocycles. The zero-order valence-electron chi connectivity index (χ0n) is 21.7. The van der Waals surface area contributed by atoms with Crippen molar-refractivity contribution in [2.75, 3.05) is 13.2 Å². The molecule has 1 fully saturated rings. The zero-order chi connectivity index (χ0) is 27.0. The van der Waals surface area contributed by atoms with E-state index < -0.39 is 23.1 Å². The van der Waals surface area contributed by atoms with E-state index in [1.165, 1.54) is 18.2 Å². The molecule has 198 valence electrons. The van der Waals surface area contributed by atoms with Gasteiger partial charge in [-0.2, -0.15) is 0 Å². The first-order valence-electron chi connectivity index (χ1n) is 12.8. The number of halogens is 2. The van der Waals surface area contributed by atoms with Crippen molar-refractivity contribution in [2.45, 2.75) is 64.7 Å². The van der Waals surface area contributed by atoms with Crippen molar-refractivity contribution < 1.29 is 23.9 Å². The normalized spacial score (nSPS) is 25.9. The Bertz CT molecular complexity index is 1250. The average Bonchev–Trinajstić information content (AvgIpc) is 2.84. The summed E-state index contributed by atoms with van der Waals surface area (Å²) < 4.78 is 14.9. The molecule has 0 bridgehead atoms. The van der Waals surface area contributed by atoms with Gasteiger partial charge in [0.25, 0.3) is 5.91 Å². The molecule has 6 nitrogen and oxygen atoms in total. The molecule has 3 atom stereocenters. The smallest absolute Gasteiger partial charge is 0.309 e. The van der Waals surface area contributed by atoms with Crippen LogP contribution in [0.1, 0.15) is 86.3 Å². The summed E-state index contributed by atoms with van der Waals surface area (Å²) in [4.78, 5) is 30.4. The maximum Gasteiger partial charge on any atom is 0.309 e. The van der Waals surface area contributed by atoms with Crippen LogP contribution in [0.5, 0.6) is 0 Å². The second kappa shape index (κ2) is 10.6. The first-order valence-corrected chi connectivity index (χ1v) is 13.6. The lowest BCUT2D eigenvalue weighted by Crippen LogP contribution is -2.53. The fourth-order valence-electron chi connectivity index (χ4n) is 6.11. The number of rotatable bonds is 7. The summed E-state index contributed by atoms with van der Waals surface area (Å²) in [7, 11) is 0. The molecule has 0 radical (unpaired) electrons. The maximum absolute atomic E-state index is 13.8. The Morgan fingerprint density at radius 1 is 1.24 bits per heavy atom. The molecular formula is C29H34BrFN2O4. The van der Waals surface area contributed by atoms with Gasteiger partial charge >= 0.3 is 5.97 Å². The molecule has 0 heterocycles. The molecule has 1 saturated carbocycles. The highest BCUT2D eigenvalue weighted by atomic mass is 79.9. The lowest BCUT2D eigenvalue weighted by molar-refractivity contribution is -0.156. The fourth-order valence-corrected chi connectivity index (χ4v) is 6.91. The van der Waals surface area contributed by atoms with Crippen LogP contribution in [0.15, 0.2) is 46.0 Å². The molecule has 0 aliphatic heterocycles. The van der Waals surface area contributed by atoms with E-state index in [9.17, 15) is 19.1 Å². The standard InChI is InChI=1S/C29H34BrFN2O4/c1-17(2)19-14-20-21(15-22(19)30)28(3)10-7-11-29(4,27(35)36)25(28)16-24(20)33-37-13-12-32-26(34)18-8-5-6-9-23(18)31/h5-6,8-9,14-15,17,25H,7,10-13,16H2,1-4H3,(H,32,34)(H,35,36)/b33-24+/t25-,28-,29-/m1/s1. The van der Waals surface area contributed by atoms with Crippen molar-refractivity contribution in [3.8, 4) is 0 Å². The number of carbonyl (C=O) groups excluding carboxylic acids is 1. The Hall–Kier alpha value is -2.74. The van der Waals surface area contributed by atoms with Crippen molar-refractivity contribution in [1.82, 2.24) is 5.32 Å². The van der Waals surface area contributed by atoms with Gasteiger partial charge in [0.05, 0.1) is 23.2 Å². The third-order valence-corrected chi connectivity index (χ3v) is 8.96. The molecule has 2 N–H and O–H groups in total. The average molecular weight is 574 g/mol.